The smallest absolute Gasteiger partial charge is 0.259 e. The van der Waals surface area contributed by atoms with Gasteiger partial charge >= 0.3 is 0 Å². The van der Waals surface area contributed by atoms with Crippen LogP contribution in [0.25, 0.3) is 11.1 Å². The zero-order valence-corrected chi connectivity index (χ0v) is 16.4. The quantitative estimate of drug-likeness (QED) is 0.359. The van der Waals surface area contributed by atoms with Crippen LogP contribution in [0.4, 0.5) is 0 Å². The maximum absolute atomic E-state index is 12.8. The monoisotopic (exact) mass is 393 g/mol. The number of carbonyl (C=O) groups is 1. The molecule has 140 valence electrons. The number of hydrogen-bond acceptors (Lipinski definition) is 3. The Morgan fingerprint density at radius 1 is 1.04 bits per heavy atom. The van der Waals surface area contributed by atoms with Crippen LogP contribution in [0.15, 0.2) is 53.4 Å². The van der Waals surface area contributed by atoms with Crippen molar-refractivity contribution in [3.63, 3.8) is 0 Å². The molecule has 0 radical (unpaired) electrons. The summed E-state index contributed by atoms with van der Waals surface area (Å²) >= 11 is 5.91. The fraction of sp³-hybridized carbons (Fsp3) is 0.350. The molecule has 0 aromatic heterocycles. The molecule has 0 aliphatic rings. The SMILES string of the molecule is CCCCCCC(C(=O)NO)S(=O)c1ccc(-c2ccc(Cl)cc2)cc1. The Morgan fingerprint density at radius 2 is 1.62 bits per heavy atom. The minimum Gasteiger partial charge on any atom is -0.289 e. The lowest BCUT2D eigenvalue weighted by atomic mass is 10.1. The second kappa shape index (κ2) is 10.5. The van der Waals surface area contributed by atoms with Gasteiger partial charge in [0.15, 0.2) is 0 Å². The van der Waals surface area contributed by atoms with E-state index < -0.39 is 22.0 Å². The highest BCUT2D eigenvalue weighted by atomic mass is 35.5. The van der Waals surface area contributed by atoms with Crippen molar-refractivity contribution in [1.29, 1.82) is 0 Å². The minimum atomic E-state index is -1.52. The largest absolute Gasteiger partial charge is 0.289 e. The van der Waals surface area contributed by atoms with Gasteiger partial charge in [-0.2, -0.15) is 0 Å². The maximum atomic E-state index is 12.8. The van der Waals surface area contributed by atoms with Crippen molar-refractivity contribution in [3.8, 4) is 11.1 Å². The standard InChI is InChI=1S/C20H24ClNO3S/c1-2-3-4-5-6-19(20(23)22-24)26(25)18-13-9-16(10-14-18)15-7-11-17(21)12-8-15/h7-14,19,24H,2-6H2,1H3,(H,22,23). The van der Waals surface area contributed by atoms with Crippen LogP contribution in [0.5, 0.6) is 0 Å². The maximum Gasteiger partial charge on any atom is 0.259 e. The lowest BCUT2D eigenvalue weighted by Crippen LogP contribution is -2.35. The van der Waals surface area contributed by atoms with E-state index in [1.54, 1.807) is 17.6 Å². The highest BCUT2D eigenvalue weighted by molar-refractivity contribution is 7.86. The first-order valence-corrected chi connectivity index (χ1v) is 10.4. The third-order valence-electron chi connectivity index (χ3n) is 4.25. The van der Waals surface area contributed by atoms with Crippen molar-refractivity contribution in [2.75, 3.05) is 0 Å². The molecule has 2 rings (SSSR count). The van der Waals surface area contributed by atoms with E-state index in [0.29, 0.717) is 16.3 Å². The van der Waals surface area contributed by atoms with Crippen LogP contribution in [0.2, 0.25) is 5.02 Å². The highest BCUT2D eigenvalue weighted by Crippen LogP contribution is 2.24. The first-order chi connectivity index (χ1) is 12.6. The Balaban J connectivity index is 2.12. The summed E-state index contributed by atoms with van der Waals surface area (Å²) in [4.78, 5) is 12.5. The van der Waals surface area contributed by atoms with Gasteiger partial charge in [0.2, 0.25) is 0 Å². The summed E-state index contributed by atoms with van der Waals surface area (Å²) < 4.78 is 12.8. The van der Waals surface area contributed by atoms with Gasteiger partial charge in [-0.15, -0.1) is 0 Å². The Hall–Kier alpha value is -1.69. The molecule has 2 unspecified atom stereocenters. The Bertz CT molecular complexity index is 732. The summed E-state index contributed by atoms with van der Waals surface area (Å²) in [5, 5.41) is 8.90. The van der Waals surface area contributed by atoms with Gasteiger partial charge in [0, 0.05) is 9.92 Å². The van der Waals surface area contributed by atoms with E-state index in [4.69, 9.17) is 16.8 Å². The molecule has 2 aromatic rings. The summed E-state index contributed by atoms with van der Waals surface area (Å²) in [7, 11) is -1.52. The number of halogens is 1. The molecule has 2 N–H and O–H groups in total. The zero-order chi connectivity index (χ0) is 18.9. The van der Waals surface area contributed by atoms with Gasteiger partial charge in [0.25, 0.3) is 5.91 Å². The van der Waals surface area contributed by atoms with Crippen molar-refractivity contribution >= 4 is 28.3 Å². The molecular formula is C20H24ClNO3S. The van der Waals surface area contributed by atoms with Gasteiger partial charge in [-0.1, -0.05) is 68.5 Å². The molecule has 0 heterocycles. The van der Waals surface area contributed by atoms with Crippen LogP contribution in [-0.2, 0) is 15.6 Å². The van der Waals surface area contributed by atoms with Crippen LogP contribution >= 0.6 is 11.6 Å². The van der Waals surface area contributed by atoms with E-state index in [1.165, 1.54) is 0 Å². The van der Waals surface area contributed by atoms with Crippen molar-refractivity contribution in [2.45, 2.75) is 49.2 Å². The lowest BCUT2D eigenvalue weighted by Gasteiger charge is -2.15. The lowest BCUT2D eigenvalue weighted by molar-refractivity contribution is -0.128. The Labute approximate surface area is 162 Å². The topological polar surface area (TPSA) is 66.4 Å². The number of unbranched alkanes of at least 4 members (excludes halogenated alkanes) is 3. The van der Waals surface area contributed by atoms with E-state index >= 15 is 0 Å². The molecular weight excluding hydrogens is 370 g/mol. The van der Waals surface area contributed by atoms with Crippen molar-refractivity contribution in [3.05, 3.63) is 53.6 Å². The zero-order valence-electron chi connectivity index (χ0n) is 14.8. The number of nitrogens with one attached hydrogen (secondary N) is 1. The van der Waals surface area contributed by atoms with Crippen LogP contribution in [0.3, 0.4) is 0 Å². The van der Waals surface area contributed by atoms with Gasteiger partial charge in [-0.25, -0.2) is 5.48 Å². The molecule has 0 spiro atoms. The molecule has 26 heavy (non-hydrogen) atoms. The van der Waals surface area contributed by atoms with Gasteiger partial charge < -0.3 is 0 Å². The summed E-state index contributed by atoms with van der Waals surface area (Å²) in [6.07, 6.45) is 4.44. The number of amides is 1. The van der Waals surface area contributed by atoms with E-state index in [1.807, 2.05) is 36.4 Å². The molecule has 4 nitrogen and oxygen atoms in total. The number of benzene rings is 2. The molecule has 2 atom stereocenters. The van der Waals surface area contributed by atoms with Crippen molar-refractivity contribution in [2.24, 2.45) is 0 Å². The summed E-state index contributed by atoms with van der Waals surface area (Å²) in [5.74, 6) is -0.596. The van der Waals surface area contributed by atoms with Crippen molar-refractivity contribution in [1.82, 2.24) is 5.48 Å². The normalized spacial score (nSPS) is 13.2. The summed E-state index contributed by atoms with van der Waals surface area (Å²) in [6.45, 7) is 2.11. The van der Waals surface area contributed by atoms with E-state index in [0.717, 1.165) is 36.8 Å². The highest BCUT2D eigenvalue weighted by Gasteiger charge is 2.25. The molecule has 0 saturated heterocycles. The van der Waals surface area contributed by atoms with E-state index in [-0.39, 0.29) is 0 Å². The summed E-state index contributed by atoms with van der Waals surface area (Å²) in [6, 6.07) is 14.8. The molecule has 1 amide bonds. The second-order valence-electron chi connectivity index (χ2n) is 6.14. The predicted octanol–water partition coefficient (Wildman–Crippen LogP) is 4.96. The number of hydrogen-bond donors (Lipinski definition) is 2. The number of carbonyl (C=O) groups excluding carboxylic acids is 1. The first-order valence-electron chi connectivity index (χ1n) is 8.77. The molecule has 0 aliphatic carbocycles. The van der Waals surface area contributed by atoms with Crippen LogP contribution in [0.1, 0.15) is 39.0 Å². The third-order valence-corrected chi connectivity index (χ3v) is 6.20. The minimum absolute atomic E-state index is 0.484. The number of hydroxylamine groups is 1. The molecule has 0 bridgehead atoms. The fourth-order valence-corrected chi connectivity index (χ4v) is 4.24. The fourth-order valence-electron chi connectivity index (χ4n) is 2.75. The van der Waals surface area contributed by atoms with Gasteiger partial charge in [-0.05, 0) is 41.8 Å². The average molecular weight is 394 g/mol. The van der Waals surface area contributed by atoms with E-state index in [2.05, 4.69) is 6.92 Å². The average Bonchev–Trinajstić information content (AvgIpc) is 2.68. The van der Waals surface area contributed by atoms with Crippen LogP contribution < -0.4 is 5.48 Å². The van der Waals surface area contributed by atoms with Gasteiger partial charge in [-0.3, -0.25) is 14.2 Å². The van der Waals surface area contributed by atoms with Crippen molar-refractivity contribution < 1.29 is 14.2 Å². The second-order valence-corrected chi connectivity index (χ2v) is 8.21. The molecule has 0 fully saturated rings. The van der Waals surface area contributed by atoms with Gasteiger partial charge in [0.05, 0.1) is 10.8 Å². The third kappa shape index (κ3) is 5.66. The Kier molecular flexibility index (Phi) is 8.29. The number of rotatable bonds is 9. The van der Waals surface area contributed by atoms with Crippen LogP contribution in [0, 0.1) is 0 Å². The van der Waals surface area contributed by atoms with Gasteiger partial charge in [0.1, 0.15) is 5.25 Å². The summed E-state index contributed by atoms with van der Waals surface area (Å²) in [5.41, 5.74) is 3.64. The van der Waals surface area contributed by atoms with Crippen LogP contribution in [-0.4, -0.2) is 20.6 Å². The molecule has 6 heteroatoms. The Morgan fingerprint density at radius 3 is 2.15 bits per heavy atom. The molecule has 0 aliphatic heterocycles. The predicted molar refractivity (Wildman–Crippen MR) is 106 cm³/mol. The van der Waals surface area contributed by atoms with E-state index in [9.17, 15) is 9.00 Å². The first kappa shape index (κ1) is 20.6. The molecule has 2 aromatic carbocycles. The molecule has 0 saturated carbocycles.